The van der Waals surface area contributed by atoms with Crippen molar-refractivity contribution in [1.29, 1.82) is 0 Å². The van der Waals surface area contributed by atoms with Gasteiger partial charge in [0.2, 0.25) is 5.43 Å². The Hall–Kier alpha value is -1.88. The lowest BCUT2D eigenvalue weighted by Gasteiger charge is -2.19. The number of esters is 1. The number of aromatic amines is 1. The minimum Gasteiger partial charge on any atom is -0.456 e. The van der Waals surface area contributed by atoms with Gasteiger partial charge in [-0.2, -0.15) is 0 Å². The molecular formula is C14H13ClFNO3. The third-order valence-corrected chi connectivity index (χ3v) is 2.83. The number of H-pyrrole nitrogens is 1. The van der Waals surface area contributed by atoms with Crippen molar-refractivity contribution in [2.75, 3.05) is 0 Å². The Kier molecular flexibility index (Phi) is 3.56. The van der Waals surface area contributed by atoms with E-state index in [0.29, 0.717) is 5.52 Å². The number of hydrogen-bond acceptors (Lipinski definition) is 3. The quantitative estimate of drug-likeness (QED) is 0.822. The number of aromatic nitrogens is 1. The zero-order chi connectivity index (χ0) is 15.1. The van der Waals surface area contributed by atoms with E-state index in [1.807, 2.05) is 0 Å². The lowest BCUT2D eigenvalue weighted by atomic mass is 10.1. The Bertz CT molecular complexity index is 746. The molecule has 0 unspecified atom stereocenters. The summed E-state index contributed by atoms with van der Waals surface area (Å²) in [5.74, 6) is -1.47. The van der Waals surface area contributed by atoms with E-state index in [4.69, 9.17) is 16.3 Å². The number of pyridine rings is 1. The van der Waals surface area contributed by atoms with Crippen LogP contribution >= 0.6 is 11.6 Å². The van der Waals surface area contributed by atoms with E-state index < -0.39 is 22.8 Å². The summed E-state index contributed by atoms with van der Waals surface area (Å²) >= 11 is 5.64. The summed E-state index contributed by atoms with van der Waals surface area (Å²) in [6.45, 7) is 5.08. The average molecular weight is 298 g/mol. The summed E-state index contributed by atoms with van der Waals surface area (Å²) in [4.78, 5) is 26.8. The molecule has 0 atom stereocenters. The van der Waals surface area contributed by atoms with Gasteiger partial charge in [-0.1, -0.05) is 11.6 Å². The SMILES string of the molecule is CC(C)(C)OC(=O)c1c[nH]c2cc(Cl)c(F)cc2c1=O. The molecule has 20 heavy (non-hydrogen) atoms. The number of benzene rings is 1. The van der Waals surface area contributed by atoms with Crippen molar-refractivity contribution in [2.24, 2.45) is 0 Å². The van der Waals surface area contributed by atoms with Gasteiger partial charge in [0.1, 0.15) is 17.0 Å². The summed E-state index contributed by atoms with van der Waals surface area (Å²) in [7, 11) is 0. The summed E-state index contributed by atoms with van der Waals surface area (Å²) in [6, 6.07) is 2.30. The second kappa shape index (κ2) is 4.90. The number of rotatable bonds is 1. The molecule has 0 amide bonds. The van der Waals surface area contributed by atoms with Crippen LogP contribution in [0.5, 0.6) is 0 Å². The number of halogens is 2. The first kappa shape index (κ1) is 14.5. The maximum absolute atomic E-state index is 13.4. The average Bonchev–Trinajstić information content (AvgIpc) is 2.30. The zero-order valence-corrected chi connectivity index (χ0v) is 12.0. The fourth-order valence-electron chi connectivity index (χ4n) is 1.70. The molecule has 0 aliphatic rings. The van der Waals surface area contributed by atoms with Crippen molar-refractivity contribution < 1.29 is 13.9 Å². The molecule has 0 radical (unpaired) electrons. The molecule has 0 bridgehead atoms. The molecule has 0 fully saturated rings. The van der Waals surface area contributed by atoms with E-state index in [1.54, 1.807) is 20.8 Å². The van der Waals surface area contributed by atoms with Crippen LogP contribution in [0.3, 0.4) is 0 Å². The molecule has 106 valence electrons. The Morgan fingerprint density at radius 1 is 1.35 bits per heavy atom. The first-order valence-corrected chi connectivity index (χ1v) is 6.30. The predicted octanol–water partition coefficient (Wildman–Crippen LogP) is 3.28. The van der Waals surface area contributed by atoms with Gasteiger partial charge < -0.3 is 9.72 Å². The van der Waals surface area contributed by atoms with Crippen LogP contribution in [0.4, 0.5) is 4.39 Å². The van der Waals surface area contributed by atoms with Gasteiger partial charge >= 0.3 is 5.97 Å². The van der Waals surface area contributed by atoms with Crippen molar-refractivity contribution in [3.63, 3.8) is 0 Å². The van der Waals surface area contributed by atoms with Crippen LogP contribution in [0, 0.1) is 5.82 Å². The molecule has 0 saturated heterocycles. The summed E-state index contributed by atoms with van der Waals surface area (Å²) in [5, 5.41) is -0.0478. The molecule has 0 aliphatic heterocycles. The Labute approximate surface area is 119 Å². The Morgan fingerprint density at radius 2 is 2.00 bits per heavy atom. The molecule has 2 aromatic rings. The maximum atomic E-state index is 13.4. The van der Waals surface area contributed by atoms with Crippen LogP contribution in [0.1, 0.15) is 31.1 Å². The normalized spacial score (nSPS) is 11.7. The smallest absolute Gasteiger partial charge is 0.344 e. The summed E-state index contributed by atoms with van der Waals surface area (Å²) < 4.78 is 18.6. The van der Waals surface area contributed by atoms with E-state index in [-0.39, 0.29) is 16.0 Å². The number of carbonyl (C=O) groups is 1. The molecule has 2 rings (SSSR count). The Morgan fingerprint density at radius 3 is 2.60 bits per heavy atom. The summed E-state index contributed by atoms with van der Waals surface area (Å²) in [6.07, 6.45) is 1.24. The fraction of sp³-hybridized carbons (Fsp3) is 0.286. The number of nitrogens with one attached hydrogen (secondary N) is 1. The predicted molar refractivity (Wildman–Crippen MR) is 74.7 cm³/mol. The van der Waals surface area contributed by atoms with E-state index in [0.717, 1.165) is 6.07 Å². The number of carbonyl (C=O) groups excluding carboxylic acids is 1. The minimum absolute atomic E-state index is 0.0512. The van der Waals surface area contributed by atoms with Crippen molar-refractivity contribution in [3.8, 4) is 0 Å². The Balaban J connectivity index is 2.58. The van der Waals surface area contributed by atoms with Crippen LogP contribution in [-0.2, 0) is 4.74 Å². The van der Waals surface area contributed by atoms with Crippen molar-refractivity contribution in [2.45, 2.75) is 26.4 Å². The van der Waals surface area contributed by atoms with Crippen LogP contribution < -0.4 is 5.43 Å². The second-order valence-electron chi connectivity index (χ2n) is 5.35. The van der Waals surface area contributed by atoms with Gasteiger partial charge in [-0.3, -0.25) is 4.79 Å². The van der Waals surface area contributed by atoms with Gasteiger partial charge in [0.15, 0.2) is 0 Å². The molecule has 0 aliphatic carbocycles. The molecule has 4 nitrogen and oxygen atoms in total. The van der Waals surface area contributed by atoms with Gasteiger partial charge in [-0.15, -0.1) is 0 Å². The minimum atomic E-state index is -0.754. The van der Waals surface area contributed by atoms with Crippen LogP contribution in [0.2, 0.25) is 5.02 Å². The largest absolute Gasteiger partial charge is 0.456 e. The fourth-order valence-corrected chi connectivity index (χ4v) is 1.86. The molecule has 6 heteroatoms. The van der Waals surface area contributed by atoms with Crippen molar-refractivity contribution >= 4 is 28.5 Å². The van der Waals surface area contributed by atoms with Crippen molar-refractivity contribution in [3.05, 3.63) is 45.0 Å². The van der Waals surface area contributed by atoms with Crippen LogP contribution in [0.15, 0.2) is 23.1 Å². The lowest BCUT2D eigenvalue weighted by Crippen LogP contribution is -2.27. The van der Waals surface area contributed by atoms with E-state index >= 15 is 0 Å². The molecule has 0 saturated carbocycles. The van der Waals surface area contributed by atoms with E-state index in [2.05, 4.69) is 4.98 Å². The van der Waals surface area contributed by atoms with Crippen LogP contribution in [-0.4, -0.2) is 16.6 Å². The van der Waals surface area contributed by atoms with Gasteiger partial charge in [0, 0.05) is 11.6 Å². The highest BCUT2D eigenvalue weighted by Crippen LogP contribution is 2.20. The maximum Gasteiger partial charge on any atom is 0.344 e. The number of ether oxygens (including phenoxy) is 1. The first-order valence-electron chi connectivity index (χ1n) is 5.93. The molecule has 0 spiro atoms. The molecule has 1 aromatic carbocycles. The van der Waals surface area contributed by atoms with E-state index in [1.165, 1.54) is 12.3 Å². The van der Waals surface area contributed by atoms with E-state index in [9.17, 15) is 14.0 Å². The molecular weight excluding hydrogens is 285 g/mol. The highest BCUT2D eigenvalue weighted by molar-refractivity contribution is 6.31. The topological polar surface area (TPSA) is 59.2 Å². The molecule has 1 heterocycles. The number of hydrogen-bond donors (Lipinski definition) is 1. The second-order valence-corrected chi connectivity index (χ2v) is 5.75. The molecule has 1 aromatic heterocycles. The van der Waals surface area contributed by atoms with Gasteiger partial charge in [-0.05, 0) is 32.9 Å². The van der Waals surface area contributed by atoms with Crippen LogP contribution in [0.25, 0.3) is 10.9 Å². The number of fused-ring (bicyclic) bond motifs is 1. The highest BCUT2D eigenvalue weighted by atomic mass is 35.5. The standard InChI is InChI=1S/C14H13ClFNO3/c1-14(2,3)20-13(19)8-6-17-11-5-9(15)10(16)4-7(11)12(8)18/h4-6H,1-3H3,(H,17,18). The molecule has 1 N–H and O–H groups in total. The highest BCUT2D eigenvalue weighted by Gasteiger charge is 2.21. The van der Waals surface area contributed by atoms with Gasteiger partial charge in [0.05, 0.1) is 10.5 Å². The van der Waals surface area contributed by atoms with Gasteiger partial charge in [0.25, 0.3) is 0 Å². The first-order chi connectivity index (χ1) is 9.19. The third-order valence-electron chi connectivity index (χ3n) is 2.54. The lowest BCUT2D eigenvalue weighted by molar-refractivity contribution is 0.00679. The zero-order valence-electron chi connectivity index (χ0n) is 11.2. The monoisotopic (exact) mass is 297 g/mol. The van der Waals surface area contributed by atoms with Crippen molar-refractivity contribution in [1.82, 2.24) is 4.98 Å². The van der Waals surface area contributed by atoms with Gasteiger partial charge in [-0.25, -0.2) is 9.18 Å². The summed E-state index contributed by atoms with van der Waals surface area (Å²) in [5.41, 5.74) is -1.13. The third kappa shape index (κ3) is 2.82.